The summed E-state index contributed by atoms with van der Waals surface area (Å²) in [5.41, 5.74) is 1.48. The van der Waals surface area contributed by atoms with Crippen molar-refractivity contribution in [3.63, 3.8) is 0 Å². The fourth-order valence-corrected chi connectivity index (χ4v) is 3.23. The van der Waals surface area contributed by atoms with Crippen LogP contribution in [-0.2, 0) is 0 Å². The first-order valence-electron chi connectivity index (χ1n) is 10.8. The Morgan fingerprint density at radius 1 is 0.943 bits per heavy atom. The summed E-state index contributed by atoms with van der Waals surface area (Å²) in [4.78, 5) is 11.1. The van der Waals surface area contributed by atoms with Gasteiger partial charge < -0.3 is 29.7 Å². The predicted molar refractivity (Wildman–Crippen MR) is 129 cm³/mol. The van der Waals surface area contributed by atoms with Gasteiger partial charge in [0.05, 0.1) is 25.6 Å². The number of anilines is 3. The fraction of sp³-hybridized carbons (Fsp3) is 0.333. The Kier molecular flexibility index (Phi) is 8.58. The Balaban J connectivity index is 1.94. The molecular formula is C24H28F3N5O3. The van der Waals surface area contributed by atoms with E-state index in [-0.39, 0.29) is 5.75 Å². The molecule has 0 aliphatic carbocycles. The maximum absolute atomic E-state index is 12.7. The molecule has 0 atom stereocenters. The number of methoxy groups -OCH3 is 2. The molecule has 0 spiro atoms. The van der Waals surface area contributed by atoms with Crippen LogP contribution in [0, 0.1) is 0 Å². The normalized spacial score (nSPS) is 11.3. The van der Waals surface area contributed by atoms with Gasteiger partial charge in [0.2, 0.25) is 5.95 Å². The summed E-state index contributed by atoms with van der Waals surface area (Å²) in [6.07, 6.45) is -3.94. The first kappa shape index (κ1) is 25.9. The van der Waals surface area contributed by atoms with E-state index in [4.69, 9.17) is 9.47 Å². The van der Waals surface area contributed by atoms with E-state index < -0.39 is 6.36 Å². The van der Waals surface area contributed by atoms with Crippen LogP contribution in [0.4, 0.5) is 30.6 Å². The van der Waals surface area contributed by atoms with Gasteiger partial charge >= 0.3 is 6.36 Å². The highest BCUT2D eigenvalue weighted by Crippen LogP contribution is 2.33. The molecule has 0 aliphatic rings. The number of rotatable bonds is 11. The van der Waals surface area contributed by atoms with Crippen LogP contribution in [0.5, 0.6) is 17.2 Å². The number of nitrogens with zero attached hydrogens (tertiary/aromatic N) is 3. The lowest BCUT2D eigenvalue weighted by Crippen LogP contribution is -2.17. The van der Waals surface area contributed by atoms with Gasteiger partial charge in [0.25, 0.3) is 0 Å². The third-order valence-electron chi connectivity index (χ3n) is 4.83. The highest BCUT2D eigenvalue weighted by atomic mass is 19.4. The number of hydrogen-bond donors (Lipinski definition) is 2. The van der Waals surface area contributed by atoms with Gasteiger partial charge in [-0.3, -0.25) is 0 Å². The maximum atomic E-state index is 12.7. The molecule has 0 radical (unpaired) electrons. The summed E-state index contributed by atoms with van der Waals surface area (Å²) >= 11 is 0. The third kappa shape index (κ3) is 7.92. The minimum absolute atomic E-state index is 0.332. The molecule has 2 N–H and O–H groups in total. The molecule has 35 heavy (non-hydrogen) atoms. The van der Waals surface area contributed by atoms with Crippen molar-refractivity contribution in [3.8, 4) is 28.5 Å². The van der Waals surface area contributed by atoms with Crippen LogP contribution >= 0.6 is 0 Å². The van der Waals surface area contributed by atoms with Gasteiger partial charge in [0.15, 0.2) is 0 Å². The highest BCUT2D eigenvalue weighted by Gasteiger charge is 2.31. The van der Waals surface area contributed by atoms with E-state index in [1.165, 1.54) is 25.3 Å². The zero-order valence-corrected chi connectivity index (χ0v) is 19.9. The first-order valence-corrected chi connectivity index (χ1v) is 10.8. The lowest BCUT2D eigenvalue weighted by Gasteiger charge is -2.15. The molecule has 8 nitrogen and oxygen atoms in total. The van der Waals surface area contributed by atoms with Crippen molar-refractivity contribution in [1.82, 2.24) is 14.9 Å². The number of halogens is 3. The van der Waals surface area contributed by atoms with Crippen LogP contribution in [0.3, 0.4) is 0 Å². The molecule has 2 aromatic carbocycles. The Morgan fingerprint density at radius 3 is 2.43 bits per heavy atom. The molecule has 3 rings (SSSR count). The minimum atomic E-state index is -4.79. The highest BCUT2D eigenvalue weighted by molar-refractivity contribution is 5.71. The number of benzene rings is 2. The number of aromatic nitrogens is 2. The number of nitrogens with one attached hydrogen (secondary N) is 2. The predicted octanol–water partition coefficient (Wildman–Crippen LogP) is 5.17. The summed E-state index contributed by atoms with van der Waals surface area (Å²) in [6.45, 7) is 1.49. The second-order valence-corrected chi connectivity index (χ2v) is 7.81. The topological polar surface area (TPSA) is 80.8 Å². The Hall–Kier alpha value is -3.73. The van der Waals surface area contributed by atoms with Crippen molar-refractivity contribution in [1.29, 1.82) is 0 Å². The largest absolute Gasteiger partial charge is 0.573 e. The lowest BCUT2D eigenvalue weighted by molar-refractivity contribution is -0.274. The van der Waals surface area contributed by atoms with Crippen LogP contribution in [0.25, 0.3) is 11.3 Å². The average Bonchev–Trinajstić information content (AvgIpc) is 2.81. The van der Waals surface area contributed by atoms with Crippen LogP contribution in [0.15, 0.2) is 48.5 Å². The van der Waals surface area contributed by atoms with E-state index in [1.807, 2.05) is 14.1 Å². The van der Waals surface area contributed by atoms with E-state index in [1.54, 1.807) is 37.4 Å². The second-order valence-electron chi connectivity index (χ2n) is 7.81. The maximum Gasteiger partial charge on any atom is 0.573 e. The summed E-state index contributed by atoms with van der Waals surface area (Å²) in [5, 5.41) is 6.38. The Morgan fingerprint density at radius 2 is 1.74 bits per heavy atom. The second kappa shape index (κ2) is 11.6. The van der Waals surface area contributed by atoms with E-state index >= 15 is 0 Å². The molecule has 1 heterocycles. The average molecular weight is 492 g/mol. The lowest BCUT2D eigenvalue weighted by atomic mass is 10.1. The van der Waals surface area contributed by atoms with Crippen molar-refractivity contribution >= 4 is 17.5 Å². The molecule has 188 valence electrons. The first-order chi connectivity index (χ1) is 16.7. The van der Waals surface area contributed by atoms with Crippen molar-refractivity contribution in [2.45, 2.75) is 12.8 Å². The van der Waals surface area contributed by atoms with Gasteiger partial charge in [-0.1, -0.05) is 12.1 Å². The van der Waals surface area contributed by atoms with Gasteiger partial charge in [0, 0.05) is 24.2 Å². The van der Waals surface area contributed by atoms with Crippen molar-refractivity contribution in [2.75, 3.05) is 52.0 Å². The number of hydrogen-bond acceptors (Lipinski definition) is 8. The standard InChI is InChI=1S/C24H28F3N5O3/c1-32(2)12-6-11-28-23-30-20(16-7-5-8-18(13-16)35-24(25,26)27)15-22(31-23)29-19-10-9-17(33-3)14-21(19)34-4/h5,7-10,13-15H,6,11-12H2,1-4H3,(H2,28,29,30,31). The molecule has 0 amide bonds. The number of alkyl halides is 3. The van der Waals surface area contributed by atoms with Crippen LogP contribution in [0.1, 0.15) is 6.42 Å². The molecule has 0 bridgehead atoms. The molecule has 0 saturated heterocycles. The summed E-state index contributed by atoms with van der Waals surface area (Å²) in [7, 11) is 7.06. The zero-order valence-electron chi connectivity index (χ0n) is 19.9. The summed E-state index contributed by atoms with van der Waals surface area (Å²) < 4.78 is 52.9. The number of ether oxygens (including phenoxy) is 3. The summed E-state index contributed by atoms with van der Waals surface area (Å²) in [6, 6.07) is 12.6. The molecular weight excluding hydrogens is 463 g/mol. The monoisotopic (exact) mass is 491 g/mol. The smallest absolute Gasteiger partial charge is 0.497 e. The minimum Gasteiger partial charge on any atom is -0.497 e. The van der Waals surface area contributed by atoms with Gasteiger partial charge in [-0.05, 0) is 51.3 Å². The molecule has 3 aromatic rings. The van der Waals surface area contributed by atoms with Crippen molar-refractivity contribution in [2.24, 2.45) is 0 Å². The zero-order chi connectivity index (χ0) is 25.4. The molecule has 11 heteroatoms. The van der Waals surface area contributed by atoms with Crippen LogP contribution in [0.2, 0.25) is 0 Å². The third-order valence-corrected chi connectivity index (χ3v) is 4.83. The Labute approximate surface area is 202 Å². The SMILES string of the molecule is COc1ccc(Nc2cc(-c3cccc(OC(F)(F)F)c3)nc(NCCCN(C)C)n2)c(OC)c1. The van der Waals surface area contributed by atoms with E-state index in [9.17, 15) is 13.2 Å². The van der Waals surface area contributed by atoms with Crippen LogP contribution < -0.4 is 24.8 Å². The molecule has 0 fully saturated rings. The van der Waals surface area contributed by atoms with Gasteiger partial charge in [-0.25, -0.2) is 4.98 Å². The van der Waals surface area contributed by atoms with Gasteiger partial charge in [0.1, 0.15) is 23.1 Å². The van der Waals surface area contributed by atoms with E-state index in [2.05, 4.69) is 30.2 Å². The van der Waals surface area contributed by atoms with Crippen molar-refractivity contribution in [3.05, 3.63) is 48.5 Å². The van der Waals surface area contributed by atoms with Gasteiger partial charge in [-0.2, -0.15) is 4.98 Å². The molecule has 0 unspecified atom stereocenters. The molecule has 1 aromatic heterocycles. The van der Waals surface area contributed by atoms with E-state index in [0.29, 0.717) is 46.8 Å². The van der Waals surface area contributed by atoms with Gasteiger partial charge in [-0.15, -0.1) is 13.2 Å². The quantitative estimate of drug-likeness (QED) is 0.356. The molecule has 0 aliphatic heterocycles. The Bertz CT molecular complexity index is 1130. The fourth-order valence-electron chi connectivity index (χ4n) is 3.23. The van der Waals surface area contributed by atoms with Crippen LogP contribution in [-0.4, -0.2) is 62.6 Å². The van der Waals surface area contributed by atoms with Crippen molar-refractivity contribution < 1.29 is 27.4 Å². The molecule has 0 saturated carbocycles. The summed E-state index contributed by atoms with van der Waals surface area (Å²) in [5.74, 6) is 1.58. The van der Waals surface area contributed by atoms with E-state index in [0.717, 1.165) is 13.0 Å².